The van der Waals surface area contributed by atoms with E-state index in [9.17, 15) is 8.78 Å². The molecule has 2 rings (SSSR count). The summed E-state index contributed by atoms with van der Waals surface area (Å²) in [6.07, 6.45) is 0.817. The van der Waals surface area contributed by atoms with Crippen LogP contribution in [0, 0.1) is 11.6 Å². The van der Waals surface area contributed by atoms with E-state index in [0.717, 1.165) is 24.2 Å². The van der Waals surface area contributed by atoms with Gasteiger partial charge >= 0.3 is 0 Å². The molecule has 0 saturated heterocycles. The summed E-state index contributed by atoms with van der Waals surface area (Å²) in [6.45, 7) is 1.91. The van der Waals surface area contributed by atoms with E-state index >= 15 is 0 Å². The fourth-order valence-corrected chi connectivity index (χ4v) is 2.06. The lowest BCUT2D eigenvalue weighted by molar-refractivity contribution is 0.624. The fourth-order valence-electron chi connectivity index (χ4n) is 2.06. The van der Waals surface area contributed by atoms with Crippen LogP contribution in [0.3, 0.4) is 0 Å². The molecule has 20 heavy (non-hydrogen) atoms. The summed E-state index contributed by atoms with van der Waals surface area (Å²) >= 11 is 0. The number of hydrogen-bond donors (Lipinski definition) is 1. The second-order valence-electron chi connectivity index (χ2n) is 4.67. The first-order valence-electron chi connectivity index (χ1n) is 6.64. The first-order chi connectivity index (χ1) is 9.69. The van der Waals surface area contributed by atoms with E-state index in [1.807, 2.05) is 11.0 Å². The van der Waals surface area contributed by atoms with E-state index in [0.29, 0.717) is 13.1 Å². The summed E-state index contributed by atoms with van der Waals surface area (Å²) in [7, 11) is 0. The van der Waals surface area contributed by atoms with Gasteiger partial charge in [-0.1, -0.05) is 18.2 Å². The molecule has 0 aliphatic carbocycles. The Kier molecular flexibility index (Phi) is 5.07. The normalized spacial score (nSPS) is 10.6. The molecule has 2 nitrogen and oxygen atoms in total. The number of benzene rings is 2. The molecular weight excluding hydrogens is 258 g/mol. The average molecular weight is 276 g/mol. The van der Waals surface area contributed by atoms with Crippen molar-refractivity contribution in [3.05, 3.63) is 65.7 Å². The zero-order chi connectivity index (χ0) is 14.4. The second kappa shape index (κ2) is 7.01. The highest BCUT2D eigenvalue weighted by Crippen LogP contribution is 2.19. The van der Waals surface area contributed by atoms with Crippen molar-refractivity contribution in [1.29, 1.82) is 0 Å². The van der Waals surface area contributed by atoms with Crippen LogP contribution in [-0.2, 0) is 6.54 Å². The molecule has 0 aliphatic heterocycles. The van der Waals surface area contributed by atoms with Crippen LogP contribution in [0.4, 0.5) is 14.5 Å². The Morgan fingerprint density at radius 1 is 0.950 bits per heavy atom. The van der Waals surface area contributed by atoms with Gasteiger partial charge in [0.25, 0.3) is 0 Å². The molecule has 0 bridgehead atoms. The average Bonchev–Trinajstić information content (AvgIpc) is 2.45. The van der Waals surface area contributed by atoms with E-state index in [4.69, 9.17) is 5.73 Å². The summed E-state index contributed by atoms with van der Waals surface area (Å²) in [4.78, 5) is 2.04. The Hall–Kier alpha value is -1.94. The molecule has 4 heteroatoms. The van der Waals surface area contributed by atoms with Crippen molar-refractivity contribution >= 4 is 5.69 Å². The maximum Gasteiger partial charge on any atom is 0.125 e. The quantitative estimate of drug-likeness (QED) is 0.877. The Balaban J connectivity index is 2.16. The maximum absolute atomic E-state index is 13.3. The number of nitrogens with zero attached hydrogens (tertiary/aromatic N) is 1. The monoisotopic (exact) mass is 276 g/mol. The molecule has 2 aromatic carbocycles. The van der Waals surface area contributed by atoms with Gasteiger partial charge < -0.3 is 10.6 Å². The van der Waals surface area contributed by atoms with Crippen LogP contribution in [0.25, 0.3) is 0 Å². The van der Waals surface area contributed by atoms with Gasteiger partial charge in [0.1, 0.15) is 11.6 Å². The third-order valence-electron chi connectivity index (χ3n) is 3.09. The van der Waals surface area contributed by atoms with Gasteiger partial charge in [-0.25, -0.2) is 8.78 Å². The lowest BCUT2D eigenvalue weighted by atomic mass is 10.2. The minimum absolute atomic E-state index is 0.256. The van der Waals surface area contributed by atoms with Crippen LogP contribution in [0.5, 0.6) is 0 Å². The Morgan fingerprint density at radius 3 is 2.35 bits per heavy atom. The molecule has 0 fully saturated rings. The molecule has 0 aromatic heterocycles. The smallest absolute Gasteiger partial charge is 0.125 e. The van der Waals surface area contributed by atoms with Crippen LogP contribution in [0.15, 0.2) is 48.5 Å². The van der Waals surface area contributed by atoms with Crippen LogP contribution in [-0.4, -0.2) is 13.1 Å². The van der Waals surface area contributed by atoms with Gasteiger partial charge in [0.15, 0.2) is 0 Å². The SMILES string of the molecule is NCCCN(Cc1ccc(F)cc1)c1cccc(F)c1. The van der Waals surface area contributed by atoms with Gasteiger partial charge in [0.05, 0.1) is 0 Å². The summed E-state index contributed by atoms with van der Waals surface area (Å²) < 4.78 is 26.3. The number of hydrogen-bond acceptors (Lipinski definition) is 2. The van der Waals surface area contributed by atoms with E-state index in [1.54, 1.807) is 18.2 Å². The zero-order valence-corrected chi connectivity index (χ0v) is 11.2. The zero-order valence-electron chi connectivity index (χ0n) is 11.2. The Labute approximate surface area is 117 Å². The van der Waals surface area contributed by atoms with Gasteiger partial charge in [0, 0.05) is 18.8 Å². The third-order valence-corrected chi connectivity index (χ3v) is 3.09. The van der Waals surface area contributed by atoms with E-state index in [1.165, 1.54) is 24.3 Å². The number of anilines is 1. The molecule has 0 saturated carbocycles. The Morgan fingerprint density at radius 2 is 1.70 bits per heavy atom. The summed E-state index contributed by atoms with van der Waals surface area (Å²) in [5.41, 5.74) is 7.34. The fraction of sp³-hybridized carbons (Fsp3) is 0.250. The van der Waals surface area contributed by atoms with Crippen molar-refractivity contribution in [3.63, 3.8) is 0 Å². The largest absolute Gasteiger partial charge is 0.367 e. The van der Waals surface area contributed by atoms with Crippen molar-refractivity contribution in [2.24, 2.45) is 5.73 Å². The summed E-state index contributed by atoms with van der Waals surface area (Å²) in [6, 6.07) is 12.8. The van der Waals surface area contributed by atoms with Crippen molar-refractivity contribution in [1.82, 2.24) is 0 Å². The predicted molar refractivity (Wildman–Crippen MR) is 77.5 cm³/mol. The van der Waals surface area contributed by atoms with E-state index in [-0.39, 0.29) is 11.6 Å². The molecule has 0 atom stereocenters. The van der Waals surface area contributed by atoms with Crippen LogP contribution in [0.2, 0.25) is 0 Å². The van der Waals surface area contributed by atoms with Crippen molar-refractivity contribution in [3.8, 4) is 0 Å². The molecule has 0 spiro atoms. The van der Waals surface area contributed by atoms with Gasteiger partial charge in [-0.2, -0.15) is 0 Å². The predicted octanol–water partition coefficient (Wildman–Crippen LogP) is 3.32. The third kappa shape index (κ3) is 4.03. The van der Waals surface area contributed by atoms with Gasteiger partial charge in [-0.05, 0) is 48.9 Å². The van der Waals surface area contributed by atoms with E-state index in [2.05, 4.69) is 0 Å². The van der Waals surface area contributed by atoms with Crippen molar-refractivity contribution in [2.45, 2.75) is 13.0 Å². The van der Waals surface area contributed by atoms with Gasteiger partial charge in [0.2, 0.25) is 0 Å². The molecule has 0 aliphatic rings. The number of rotatable bonds is 6. The molecule has 2 N–H and O–H groups in total. The molecule has 2 aromatic rings. The summed E-state index contributed by atoms with van der Waals surface area (Å²) in [5, 5.41) is 0. The molecule has 0 amide bonds. The molecular formula is C16H18F2N2. The van der Waals surface area contributed by atoms with Gasteiger partial charge in [-0.3, -0.25) is 0 Å². The standard InChI is InChI=1S/C16H18F2N2/c17-14-7-5-13(6-8-14)12-20(10-2-9-19)16-4-1-3-15(18)11-16/h1,3-8,11H,2,9-10,12,19H2. The molecule has 106 valence electrons. The number of nitrogens with two attached hydrogens (primary N) is 1. The number of halogens is 2. The maximum atomic E-state index is 13.3. The van der Waals surface area contributed by atoms with Gasteiger partial charge in [-0.15, -0.1) is 0 Å². The Bertz CT molecular complexity index is 540. The van der Waals surface area contributed by atoms with Crippen molar-refractivity contribution < 1.29 is 8.78 Å². The molecule has 0 unspecified atom stereocenters. The van der Waals surface area contributed by atoms with Crippen LogP contribution >= 0.6 is 0 Å². The highest BCUT2D eigenvalue weighted by Gasteiger charge is 2.08. The highest BCUT2D eigenvalue weighted by molar-refractivity contribution is 5.47. The minimum atomic E-state index is -0.264. The lowest BCUT2D eigenvalue weighted by Gasteiger charge is -2.25. The minimum Gasteiger partial charge on any atom is -0.367 e. The molecule has 0 radical (unpaired) electrons. The highest BCUT2D eigenvalue weighted by atomic mass is 19.1. The van der Waals surface area contributed by atoms with Crippen molar-refractivity contribution in [2.75, 3.05) is 18.0 Å². The van der Waals surface area contributed by atoms with Crippen LogP contribution < -0.4 is 10.6 Å². The first-order valence-corrected chi connectivity index (χ1v) is 6.64. The summed E-state index contributed by atoms with van der Waals surface area (Å²) in [5.74, 6) is -0.521. The van der Waals surface area contributed by atoms with E-state index < -0.39 is 0 Å². The first kappa shape index (κ1) is 14.5. The van der Waals surface area contributed by atoms with Crippen LogP contribution in [0.1, 0.15) is 12.0 Å². The lowest BCUT2D eigenvalue weighted by Crippen LogP contribution is -2.25. The second-order valence-corrected chi connectivity index (χ2v) is 4.67. The topological polar surface area (TPSA) is 29.3 Å². The molecule has 0 heterocycles.